The van der Waals surface area contributed by atoms with E-state index in [1.807, 2.05) is 0 Å². The molecule has 0 aliphatic heterocycles. The average molecular weight is 341 g/mol. The quantitative estimate of drug-likeness (QED) is 0.298. The summed E-state index contributed by atoms with van der Waals surface area (Å²) in [6.07, 6.45) is 1.00. The lowest BCUT2D eigenvalue weighted by molar-refractivity contribution is 1.12. The molecule has 0 aromatic heterocycles. The second-order valence-electron chi connectivity index (χ2n) is 7.81. The van der Waals surface area contributed by atoms with Crippen LogP contribution < -0.4 is 5.73 Å². The zero-order chi connectivity index (χ0) is 18.7. The van der Waals surface area contributed by atoms with Gasteiger partial charge in [-0.15, -0.1) is 0 Å². The second-order valence-corrected chi connectivity index (χ2v) is 7.81. The Bertz CT molecular complexity index is 1210. The highest BCUT2D eigenvalue weighted by atomic mass is 14.6. The SMILES string of the molecule is CCc1cc2c3cc(C)c(C)cc3c3cc(C)c(C)cc3c2c(N)c1C. The topological polar surface area (TPSA) is 26.0 Å². The molecule has 0 spiro atoms. The summed E-state index contributed by atoms with van der Waals surface area (Å²) in [7, 11) is 0. The Labute approximate surface area is 155 Å². The summed E-state index contributed by atoms with van der Waals surface area (Å²) in [5, 5.41) is 7.76. The Morgan fingerprint density at radius 2 is 1.00 bits per heavy atom. The van der Waals surface area contributed by atoms with Gasteiger partial charge in [-0.3, -0.25) is 0 Å². The molecule has 0 aliphatic rings. The number of benzene rings is 4. The number of fused-ring (bicyclic) bond motifs is 6. The van der Waals surface area contributed by atoms with E-state index in [0.29, 0.717) is 0 Å². The van der Waals surface area contributed by atoms with Crippen molar-refractivity contribution in [2.45, 2.75) is 48.0 Å². The lowest BCUT2D eigenvalue weighted by Crippen LogP contribution is -1.99. The summed E-state index contributed by atoms with van der Waals surface area (Å²) in [6.45, 7) is 13.1. The van der Waals surface area contributed by atoms with E-state index >= 15 is 0 Å². The van der Waals surface area contributed by atoms with Crippen molar-refractivity contribution in [3.63, 3.8) is 0 Å². The number of anilines is 1. The molecule has 0 amide bonds. The minimum Gasteiger partial charge on any atom is -0.398 e. The van der Waals surface area contributed by atoms with Crippen LogP contribution in [0.4, 0.5) is 5.69 Å². The third kappa shape index (κ3) is 2.23. The molecule has 0 saturated heterocycles. The highest BCUT2D eigenvalue weighted by Crippen LogP contribution is 2.41. The van der Waals surface area contributed by atoms with Gasteiger partial charge in [0, 0.05) is 11.1 Å². The smallest absolute Gasteiger partial charge is 0.0432 e. The maximum absolute atomic E-state index is 6.71. The molecular formula is C25H27N. The van der Waals surface area contributed by atoms with E-state index in [1.165, 1.54) is 65.7 Å². The van der Waals surface area contributed by atoms with Gasteiger partial charge in [0.2, 0.25) is 0 Å². The van der Waals surface area contributed by atoms with Crippen molar-refractivity contribution in [3.05, 3.63) is 63.7 Å². The Hall–Kier alpha value is -2.54. The lowest BCUT2D eigenvalue weighted by Gasteiger charge is -2.18. The third-order valence-corrected chi connectivity index (χ3v) is 6.24. The van der Waals surface area contributed by atoms with Crippen LogP contribution >= 0.6 is 0 Å². The Morgan fingerprint density at radius 1 is 0.615 bits per heavy atom. The molecule has 1 heteroatoms. The maximum Gasteiger partial charge on any atom is 0.0432 e. The molecule has 1 nitrogen and oxygen atoms in total. The van der Waals surface area contributed by atoms with Crippen molar-refractivity contribution in [3.8, 4) is 0 Å². The molecule has 0 atom stereocenters. The molecule has 0 radical (unpaired) electrons. The largest absolute Gasteiger partial charge is 0.398 e. The first-order valence-corrected chi connectivity index (χ1v) is 9.49. The molecule has 0 bridgehead atoms. The van der Waals surface area contributed by atoms with E-state index in [-0.39, 0.29) is 0 Å². The molecule has 0 unspecified atom stereocenters. The van der Waals surface area contributed by atoms with Gasteiger partial charge < -0.3 is 5.73 Å². The average Bonchev–Trinajstić information content (AvgIpc) is 2.61. The van der Waals surface area contributed by atoms with Crippen molar-refractivity contribution in [2.75, 3.05) is 5.73 Å². The van der Waals surface area contributed by atoms with Crippen LogP contribution in [-0.2, 0) is 6.42 Å². The standard InChI is InChI=1S/C25H27N/c1-7-18-12-23-21-10-14(3)13(2)8-19(21)20-9-15(4)16(5)11-22(20)24(23)25(26)17(18)6/h8-12H,7,26H2,1-6H3. The van der Waals surface area contributed by atoms with E-state index in [0.717, 1.165) is 12.1 Å². The number of hydrogen-bond acceptors (Lipinski definition) is 1. The zero-order valence-corrected chi connectivity index (χ0v) is 16.7. The van der Waals surface area contributed by atoms with Crippen LogP contribution in [0.1, 0.15) is 40.3 Å². The van der Waals surface area contributed by atoms with Crippen molar-refractivity contribution in [2.24, 2.45) is 0 Å². The Morgan fingerprint density at radius 3 is 1.46 bits per heavy atom. The van der Waals surface area contributed by atoms with Gasteiger partial charge in [-0.1, -0.05) is 37.3 Å². The summed E-state index contributed by atoms with van der Waals surface area (Å²) in [5.41, 5.74) is 15.5. The van der Waals surface area contributed by atoms with Gasteiger partial charge in [-0.2, -0.15) is 0 Å². The molecule has 0 fully saturated rings. The first-order valence-electron chi connectivity index (χ1n) is 9.49. The van der Waals surface area contributed by atoms with Crippen molar-refractivity contribution < 1.29 is 0 Å². The predicted molar refractivity (Wildman–Crippen MR) is 116 cm³/mol. The fourth-order valence-corrected chi connectivity index (χ4v) is 4.24. The maximum atomic E-state index is 6.71. The van der Waals surface area contributed by atoms with Crippen LogP contribution in [0.2, 0.25) is 0 Å². The van der Waals surface area contributed by atoms with Crippen LogP contribution in [0.15, 0.2) is 30.3 Å². The zero-order valence-electron chi connectivity index (χ0n) is 16.7. The minimum atomic E-state index is 0.938. The molecule has 4 aromatic carbocycles. The monoisotopic (exact) mass is 341 g/mol. The molecular weight excluding hydrogens is 314 g/mol. The van der Waals surface area contributed by atoms with Gasteiger partial charge in [0.15, 0.2) is 0 Å². The van der Waals surface area contributed by atoms with Gasteiger partial charge in [-0.05, 0) is 101 Å². The van der Waals surface area contributed by atoms with E-state index in [4.69, 9.17) is 5.73 Å². The molecule has 132 valence electrons. The highest BCUT2D eigenvalue weighted by molar-refractivity contribution is 6.28. The van der Waals surface area contributed by atoms with Crippen LogP contribution in [0.25, 0.3) is 32.3 Å². The normalized spacial score (nSPS) is 11.8. The third-order valence-electron chi connectivity index (χ3n) is 6.24. The van der Waals surface area contributed by atoms with Crippen LogP contribution in [0.3, 0.4) is 0 Å². The van der Waals surface area contributed by atoms with E-state index in [1.54, 1.807) is 0 Å². The van der Waals surface area contributed by atoms with Crippen LogP contribution in [0, 0.1) is 34.6 Å². The van der Waals surface area contributed by atoms with E-state index in [9.17, 15) is 0 Å². The first-order chi connectivity index (χ1) is 12.3. The van der Waals surface area contributed by atoms with Crippen molar-refractivity contribution in [1.82, 2.24) is 0 Å². The fraction of sp³-hybridized carbons (Fsp3) is 0.280. The number of nitrogen functional groups attached to an aromatic ring is 1. The fourth-order valence-electron chi connectivity index (χ4n) is 4.24. The van der Waals surface area contributed by atoms with E-state index in [2.05, 4.69) is 71.9 Å². The molecule has 0 aliphatic carbocycles. The number of hydrogen-bond donors (Lipinski definition) is 1. The Kier molecular flexibility index (Phi) is 3.73. The number of aryl methyl sites for hydroxylation is 5. The molecule has 4 rings (SSSR count). The summed E-state index contributed by atoms with van der Waals surface area (Å²) in [6, 6.07) is 11.7. The van der Waals surface area contributed by atoms with Crippen molar-refractivity contribution in [1.29, 1.82) is 0 Å². The van der Waals surface area contributed by atoms with Gasteiger partial charge in [-0.25, -0.2) is 0 Å². The molecule has 26 heavy (non-hydrogen) atoms. The van der Waals surface area contributed by atoms with Gasteiger partial charge in [0.25, 0.3) is 0 Å². The van der Waals surface area contributed by atoms with E-state index < -0.39 is 0 Å². The summed E-state index contributed by atoms with van der Waals surface area (Å²) in [5.74, 6) is 0. The van der Waals surface area contributed by atoms with Crippen LogP contribution in [0.5, 0.6) is 0 Å². The lowest BCUT2D eigenvalue weighted by atomic mass is 9.87. The van der Waals surface area contributed by atoms with Gasteiger partial charge in [0.05, 0.1) is 0 Å². The van der Waals surface area contributed by atoms with Gasteiger partial charge in [0.1, 0.15) is 0 Å². The number of nitrogens with two attached hydrogens (primary N) is 1. The molecule has 4 aromatic rings. The molecule has 2 N–H and O–H groups in total. The molecule has 0 saturated carbocycles. The highest BCUT2D eigenvalue weighted by Gasteiger charge is 2.16. The summed E-state index contributed by atoms with van der Waals surface area (Å²) >= 11 is 0. The first kappa shape index (κ1) is 16.9. The summed E-state index contributed by atoms with van der Waals surface area (Å²) in [4.78, 5) is 0. The predicted octanol–water partition coefficient (Wildman–Crippen LogP) is 6.83. The van der Waals surface area contributed by atoms with Crippen LogP contribution in [-0.4, -0.2) is 0 Å². The minimum absolute atomic E-state index is 0.938. The number of rotatable bonds is 1. The Balaban J connectivity index is 2.41. The second kappa shape index (κ2) is 5.74. The van der Waals surface area contributed by atoms with Crippen molar-refractivity contribution >= 4 is 38.0 Å². The summed E-state index contributed by atoms with van der Waals surface area (Å²) < 4.78 is 0. The molecule has 0 heterocycles. The van der Waals surface area contributed by atoms with Gasteiger partial charge >= 0.3 is 0 Å².